The maximum atomic E-state index is 12.8. The molecule has 172 valence electrons. The predicted molar refractivity (Wildman–Crippen MR) is 109 cm³/mol. The quantitative estimate of drug-likeness (QED) is 0.495. The molecule has 3 N–H and O–H groups in total. The number of rotatable bonds is 7. The largest absolute Gasteiger partial charge is 0.449 e. The third-order valence-corrected chi connectivity index (χ3v) is 4.32. The Morgan fingerprint density at radius 3 is 2.55 bits per heavy atom. The average Bonchev–Trinajstić information content (AvgIpc) is 3.31. The summed E-state index contributed by atoms with van der Waals surface area (Å²) in [5.41, 5.74) is -0.571. The van der Waals surface area contributed by atoms with Gasteiger partial charge in [0.1, 0.15) is 17.1 Å². The van der Waals surface area contributed by atoms with Crippen LogP contribution in [0.5, 0.6) is 0 Å². The molecule has 0 spiro atoms. The van der Waals surface area contributed by atoms with E-state index < -0.39 is 23.7 Å². The van der Waals surface area contributed by atoms with E-state index in [9.17, 15) is 27.6 Å². The van der Waals surface area contributed by atoms with Gasteiger partial charge >= 0.3 is 6.18 Å². The van der Waals surface area contributed by atoms with Crippen molar-refractivity contribution in [3.63, 3.8) is 0 Å². The van der Waals surface area contributed by atoms with Crippen LogP contribution < -0.4 is 16.0 Å². The summed E-state index contributed by atoms with van der Waals surface area (Å²) < 4.78 is 43.8. The van der Waals surface area contributed by atoms with E-state index in [0.29, 0.717) is 11.3 Å². The lowest BCUT2D eigenvalue weighted by atomic mass is 10.2. The molecule has 0 bridgehead atoms. The van der Waals surface area contributed by atoms with Crippen molar-refractivity contribution in [3.8, 4) is 11.5 Å². The summed E-state index contributed by atoms with van der Waals surface area (Å²) in [5, 5.41) is 7.27. The molecule has 0 aromatic carbocycles. The summed E-state index contributed by atoms with van der Waals surface area (Å²) in [4.78, 5) is 43.0. The van der Waals surface area contributed by atoms with Crippen molar-refractivity contribution in [3.05, 3.63) is 71.4 Å². The van der Waals surface area contributed by atoms with Crippen LogP contribution >= 0.6 is 0 Å². The van der Waals surface area contributed by atoms with Gasteiger partial charge in [-0.1, -0.05) is 6.07 Å². The number of carbonyl (C=O) groups excluding carboxylic acids is 3. The van der Waals surface area contributed by atoms with E-state index in [-0.39, 0.29) is 36.2 Å². The van der Waals surface area contributed by atoms with Gasteiger partial charge in [-0.05, 0) is 42.0 Å². The lowest BCUT2D eigenvalue weighted by Gasteiger charge is -2.09. The minimum Gasteiger partial charge on any atom is -0.449 e. The molecule has 0 unspecified atom stereocenters. The summed E-state index contributed by atoms with van der Waals surface area (Å²) in [6, 6.07) is 9.20. The van der Waals surface area contributed by atoms with Crippen molar-refractivity contribution in [2.75, 3.05) is 13.6 Å². The second-order valence-electron chi connectivity index (χ2n) is 6.66. The number of likely N-dealkylation sites (N-methyl/N-ethyl adjacent to an activating group) is 1. The molecule has 0 aliphatic carbocycles. The van der Waals surface area contributed by atoms with Gasteiger partial charge in [0.15, 0.2) is 11.5 Å². The van der Waals surface area contributed by atoms with Crippen molar-refractivity contribution in [1.82, 2.24) is 25.9 Å². The number of hydrogen-bond donors (Lipinski definition) is 3. The van der Waals surface area contributed by atoms with Crippen molar-refractivity contribution in [2.24, 2.45) is 0 Å². The van der Waals surface area contributed by atoms with Crippen molar-refractivity contribution < 1.29 is 32.0 Å². The minimum absolute atomic E-state index is 0.00748. The lowest BCUT2D eigenvalue weighted by molar-refractivity contribution is -0.141. The highest BCUT2D eigenvalue weighted by molar-refractivity contribution is 5.94. The zero-order chi connectivity index (χ0) is 24.0. The van der Waals surface area contributed by atoms with Crippen LogP contribution in [0.25, 0.3) is 11.5 Å². The second kappa shape index (κ2) is 9.94. The van der Waals surface area contributed by atoms with Crippen molar-refractivity contribution >= 4 is 17.7 Å². The molecule has 3 rings (SSSR count). The SMILES string of the molecule is CNC(=O)CNC(=O)c1ccc(-c2cc(CNC(=O)c3cccc(C(F)(F)F)n3)ccn2)o1. The molecule has 0 atom stereocenters. The first kappa shape index (κ1) is 23.4. The zero-order valence-electron chi connectivity index (χ0n) is 17.2. The smallest absolute Gasteiger partial charge is 0.433 e. The molecule has 0 aliphatic rings. The predicted octanol–water partition coefficient (Wildman–Crippen LogP) is 2.16. The van der Waals surface area contributed by atoms with Gasteiger partial charge in [0, 0.05) is 19.8 Å². The molecule has 0 saturated heterocycles. The summed E-state index contributed by atoms with van der Waals surface area (Å²) in [7, 11) is 1.44. The Balaban J connectivity index is 1.65. The first-order valence-corrected chi connectivity index (χ1v) is 9.53. The van der Waals surface area contributed by atoms with E-state index in [4.69, 9.17) is 4.42 Å². The molecular formula is C21H18F3N5O4. The van der Waals surface area contributed by atoms with Crippen LogP contribution in [0.4, 0.5) is 13.2 Å². The Morgan fingerprint density at radius 1 is 1.03 bits per heavy atom. The van der Waals surface area contributed by atoms with Gasteiger partial charge in [-0.25, -0.2) is 4.98 Å². The van der Waals surface area contributed by atoms with Gasteiger partial charge in [-0.15, -0.1) is 0 Å². The highest BCUT2D eigenvalue weighted by atomic mass is 19.4. The van der Waals surface area contributed by atoms with Crippen LogP contribution in [-0.4, -0.2) is 41.3 Å². The summed E-state index contributed by atoms with van der Waals surface area (Å²) >= 11 is 0. The van der Waals surface area contributed by atoms with Crippen LogP contribution in [0.1, 0.15) is 32.3 Å². The second-order valence-corrected chi connectivity index (χ2v) is 6.66. The normalized spacial score (nSPS) is 11.0. The zero-order valence-corrected chi connectivity index (χ0v) is 17.2. The molecule has 12 heteroatoms. The van der Waals surface area contributed by atoms with E-state index >= 15 is 0 Å². The average molecular weight is 461 g/mol. The third kappa shape index (κ3) is 6.15. The highest BCUT2D eigenvalue weighted by Crippen LogP contribution is 2.27. The fourth-order valence-electron chi connectivity index (χ4n) is 2.64. The molecule has 3 aromatic heterocycles. The van der Waals surface area contributed by atoms with Gasteiger partial charge in [0.25, 0.3) is 11.8 Å². The molecule has 33 heavy (non-hydrogen) atoms. The van der Waals surface area contributed by atoms with Crippen LogP contribution in [0.2, 0.25) is 0 Å². The molecule has 0 saturated carbocycles. The maximum absolute atomic E-state index is 12.8. The third-order valence-electron chi connectivity index (χ3n) is 4.32. The Bertz CT molecular complexity index is 1180. The number of carbonyl (C=O) groups is 3. The van der Waals surface area contributed by atoms with Crippen molar-refractivity contribution in [1.29, 1.82) is 0 Å². The number of nitrogens with zero attached hydrogens (tertiary/aromatic N) is 2. The molecule has 3 heterocycles. The Morgan fingerprint density at radius 2 is 1.82 bits per heavy atom. The lowest BCUT2D eigenvalue weighted by Crippen LogP contribution is -2.34. The maximum Gasteiger partial charge on any atom is 0.433 e. The number of pyridine rings is 2. The van der Waals surface area contributed by atoms with E-state index in [1.165, 1.54) is 31.4 Å². The molecule has 0 radical (unpaired) electrons. The summed E-state index contributed by atoms with van der Waals surface area (Å²) in [6.45, 7) is -0.216. The first-order valence-electron chi connectivity index (χ1n) is 9.53. The number of furan rings is 1. The van der Waals surface area contributed by atoms with E-state index in [1.807, 2.05) is 0 Å². The number of nitrogens with one attached hydrogen (secondary N) is 3. The van der Waals surface area contributed by atoms with E-state index in [2.05, 4.69) is 25.9 Å². The van der Waals surface area contributed by atoms with Gasteiger partial charge in [0.05, 0.1) is 6.54 Å². The first-order chi connectivity index (χ1) is 15.7. The fourth-order valence-corrected chi connectivity index (χ4v) is 2.64. The van der Waals surface area contributed by atoms with E-state index in [0.717, 1.165) is 12.1 Å². The number of halogens is 3. The monoisotopic (exact) mass is 461 g/mol. The van der Waals surface area contributed by atoms with Crippen LogP contribution in [0, 0.1) is 0 Å². The summed E-state index contributed by atoms with van der Waals surface area (Å²) in [5.74, 6) is -1.47. The van der Waals surface area contributed by atoms with Gasteiger partial charge in [-0.3, -0.25) is 19.4 Å². The van der Waals surface area contributed by atoms with Gasteiger partial charge in [0.2, 0.25) is 5.91 Å². The topological polar surface area (TPSA) is 126 Å². The minimum atomic E-state index is -4.66. The fraction of sp³-hybridized carbons (Fsp3) is 0.190. The van der Waals surface area contributed by atoms with Crippen LogP contribution in [0.3, 0.4) is 0 Å². The van der Waals surface area contributed by atoms with Crippen molar-refractivity contribution in [2.45, 2.75) is 12.7 Å². The molecule has 0 aliphatic heterocycles. The van der Waals surface area contributed by atoms with Crippen LogP contribution in [-0.2, 0) is 17.5 Å². The molecular weight excluding hydrogens is 443 g/mol. The van der Waals surface area contributed by atoms with Crippen LogP contribution in [0.15, 0.2) is 53.1 Å². The Hall–Kier alpha value is -4.22. The van der Waals surface area contributed by atoms with Gasteiger partial charge in [-0.2, -0.15) is 13.2 Å². The highest BCUT2D eigenvalue weighted by Gasteiger charge is 2.32. The number of amides is 3. The number of alkyl halides is 3. The molecule has 0 fully saturated rings. The molecule has 3 amide bonds. The number of hydrogen-bond acceptors (Lipinski definition) is 6. The van der Waals surface area contributed by atoms with E-state index in [1.54, 1.807) is 12.1 Å². The Labute approximate surface area is 185 Å². The molecule has 9 nitrogen and oxygen atoms in total. The standard InChI is InChI=1S/C21H18F3N5O4/c1-25-18(30)11-28-20(32)16-6-5-15(33-16)14-9-12(7-8-26-14)10-27-19(31)13-3-2-4-17(29-13)21(22,23)24/h2-9H,10-11H2,1H3,(H,25,30)(H,27,31)(H,28,32). The number of aromatic nitrogens is 2. The Kier molecular flexibility index (Phi) is 7.06. The molecule has 3 aromatic rings. The van der Waals surface area contributed by atoms with Gasteiger partial charge < -0.3 is 20.4 Å². The summed E-state index contributed by atoms with van der Waals surface area (Å²) in [6.07, 6.45) is -3.20.